The second kappa shape index (κ2) is 8.23. The van der Waals surface area contributed by atoms with E-state index in [0.717, 1.165) is 16.8 Å². The molecule has 2 aromatic heterocycles. The average molecular weight is 449 g/mol. The van der Waals surface area contributed by atoms with E-state index in [1.165, 1.54) is 49.1 Å². The van der Waals surface area contributed by atoms with Gasteiger partial charge in [0.2, 0.25) is 0 Å². The highest BCUT2D eigenvalue weighted by molar-refractivity contribution is 5.95. The highest BCUT2D eigenvalue weighted by Gasteiger charge is 2.30. The number of rotatable bonds is 5. The number of aliphatic hydroxyl groups is 1. The van der Waals surface area contributed by atoms with Crippen LogP contribution >= 0.6 is 0 Å². The predicted molar refractivity (Wildman–Crippen MR) is 110 cm³/mol. The fourth-order valence-electron chi connectivity index (χ4n) is 2.77. The SMILES string of the molecule is C[C@@H](NC(=O)c1cc(-c2ccc(C(F)(F)F)cc2)nn(-c2cnn(C)c2)c1=O)C(C)(C)O. The second-order valence-corrected chi connectivity index (χ2v) is 7.96. The molecule has 11 heteroatoms. The third-order valence-electron chi connectivity index (χ3n) is 5.01. The second-order valence-electron chi connectivity index (χ2n) is 7.96. The van der Waals surface area contributed by atoms with E-state index in [4.69, 9.17) is 0 Å². The van der Waals surface area contributed by atoms with Crippen molar-refractivity contribution in [3.05, 3.63) is 64.2 Å². The molecular weight excluding hydrogens is 427 g/mol. The number of carbonyl (C=O) groups is 1. The molecule has 32 heavy (non-hydrogen) atoms. The number of benzene rings is 1. The number of hydrogen-bond acceptors (Lipinski definition) is 5. The Morgan fingerprint density at radius 3 is 2.31 bits per heavy atom. The summed E-state index contributed by atoms with van der Waals surface area (Å²) in [5.41, 5.74) is -2.44. The van der Waals surface area contributed by atoms with Crippen LogP contribution in [0.1, 0.15) is 36.7 Å². The van der Waals surface area contributed by atoms with Crippen molar-refractivity contribution in [1.29, 1.82) is 0 Å². The Kier molecular flexibility index (Phi) is 5.96. The number of nitrogens with one attached hydrogen (secondary N) is 1. The number of amides is 1. The Labute approximate surface area is 181 Å². The van der Waals surface area contributed by atoms with Crippen LogP contribution in [0, 0.1) is 0 Å². The van der Waals surface area contributed by atoms with Gasteiger partial charge in [-0.3, -0.25) is 14.3 Å². The number of aryl methyl sites for hydroxylation is 1. The Morgan fingerprint density at radius 2 is 1.81 bits per heavy atom. The van der Waals surface area contributed by atoms with Gasteiger partial charge in [-0.15, -0.1) is 0 Å². The van der Waals surface area contributed by atoms with Gasteiger partial charge in [0.1, 0.15) is 11.3 Å². The summed E-state index contributed by atoms with van der Waals surface area (Å²) in [6, 6.07) is 4.74. The molecule has 8 nitrogen and oxygen atoms in total. The van der Waals surface area contributed by atoms with Gasteiger partial charge >= 0.3 is 6.18 Å². The van der Waals surface area contributed by atoms with Crippen LogP contribution in [0.15, 0.2) is 47.5 Å². The van der Waals surface area contributed by atoms with Gasteiger partial charge in [0.15, 0.2) is 0 Å². The molecule has 1 atom stereocenters. The molecule has 0 fully saturated rings. The smallest absolute Gasteiger partial charge is 0.388 e. The Bertz CT molecular complexity index is 1190. The summed E-state index contributed by atoms with van der Waals surface area (Å²) in [4.78, 5) is 25.9. The first-order chi connectivity index (χ1) is 14.8. The average Bonchev–Trinajstić information content (AvgIpc) is 3.12. The summed E-state index contributed by atoms with van der Waals surface area (Å²) < 4.78 is 41.1. The molecule has 3 aromatic rings. The number of hydrogen-bond donors (Lipinski definition) is 2. The standard InChI is InChI=1S/C21H22F3N5O3/c1-12(20(2,3)32)26-18(30)16-9-17(13-5-7-14(8-6-13)21(22,23)24)27-29(19(16)31)15-10-25-28(4)11-15/h5-12,32H,1-4H3,(H,26,30)/t12-/m1/s1. The van der Waals surface area contributed by atoms with E-state index in [2.05, 4.69) is 15.5 Å². The first kappa shape index (κ1) is 23.2. The molecule has 0 saturated carbocycles. The van der Waals surface area contributed by atoms with Crippen LogP contribution in [0.4, 0.5) is 13.2 Å². The molecule has 2 N–H and O–H groups in total. The van der Waals surface area contributed by atoms with Gasteiger partial charge in [0.25, 0.3) is 11.5 Å². The van der Waals surface area contributed by atoms with Gasteiger partial charge < -0.3 is 10.4 Å². The van der Waals surface area contributed by atoms with E-state index in [1.807, 2.05) is 0 Å². The minimum Gasteiger partial charge on any atom is -0.388 e. The van der Waals surface area contributed by atoms with Crippen molar-refractivity contribution in [1.82, 2.24) is 24.9 Å². The minimum absolute atomic E-state index is 0.114. The van der Waals surface area contributed by atoms with E-state index < -0.39 is 34.8 Å². The van der Waals surface area contributed by atoms with Crippen LogP contribution in [0.25, 0.3) is 16.9 Å². The summed E-state index contributed by atoms with van der Waals surface area (Å²) in [5.74, 6) is -0.752. The maximum Gasteiger partial charge on any atom is 0.416 e. The zero-order chi connectivity index (χ0) is 23.8. The lowest BCUT2D eigenvalue weighted by Gasteiger charge is -2.26. The third kappa shape index (κ3) is 4.88. The molecule has 0 aliphatic rings. The lowest BCUT2D eigenvalue weighted by atomic mass is 10.0. The molecule has 0 aliphatic carbocycles. The van der Waals surface area contributed by atoms with Crippen molar-refractivity contribution in [3.63, 3.8) is 0 Å². The largest absolute Gasteiger partial charge is 0.416 e. The Balaban J connectivity index is 2.13. The highest BCUT2D eigenvalue weighted by Crippen LogP contribution is 2.30. The van der Waals surface area contributed by atoms with Crippen LogP contribution < -0.4 is 10.9 Å². The van der Waals surface area contributed by atoms with Crippen LogP contribution in [0.3, 0.4) is 0 Å². The van der Waals surface area contributed by atoms with E-state index >= 15 is 0 Å². The number of aromatic nitrogens is 4. The summed E-state index contributed by atoms with van der Waals surface area (Å²) >= 11 is 0. The predicted octanol–water partition coefficient (Wildman–Crippen LogP) is 2.54. The lowest BCUT2D eigenvalue weighted by molar-refractivity contribution is -0.137. The summed E-state index contributed by atoms with van der Waals surface area (Å²) in [6.07, 6.45) is -1.63. The van der Waals surface area contributed by atoms with Crippen molar-refractivity contribution >= 4 is 5.91 Å². The van der Waals surface area contributed by atoms with Crippen LogP contribution in [0.5, 0.6) is 0 Å². The number of halogens is 3. The van der Waals surface area contributed by atoms with Gasteiger partial charge in [-0.05, 0) is 39.0 Å². The monoisotopic (exact) mass is 449 g/mol. The number of alkyl halides is 3. The molecule has 0 spiro atoms. The number of nitrogens with zero attached hydrogens (tertiary/aromatic N) is 4. The van der Waals surface area contributed by atoms with Gasteiger partial charge in [-0.2, -0.15) is 28.1 Å². The van der Waals surface area contributed by atoms with Gasteiger partial charge in [-0.25, -0.2) is 0 Å². The summed E-state index contributed by atoms with van der Waals surface area (Å²) in [5, 5.41) is 20.9. The molecule has 2 heterocycles. The van der Waals surface area contributed by atoms with Crippen LogP contribution in [0.2, 0.25) is 0 Å². The molecule has 1 amide bonds. The first-order valence-corrected chi connectivity index (χ1v) is 9.61. The van der Waals surface area contributed by atoms with Crippen molar-refractivity contribution in [2.75, 3.05) is 0 Å². The molecule has 0 aliphatic heterocycles. The quantitative estimate of drug-likeness (QED) is 0.623. The zero-order valence-corrected chi connectivity index (χ0v) is 17.8. The Hall–Kier alpha value is -3.47. The third-order valence-corrected chi connectivity index (χ3v) is 5.01. The van der Waals surface area contributed by atoms with E-state index in [-0.39, 0.29) is 22.5 Å². The summed E-state index contributed by atoms with van der Waals surface area (Å²) in [6.45, 7) is 4.59. The normalized spacial score (nSPS) is 13.1. The lowest BCUT2D eigenvalue weighted by Crippen LogP contribution is -2.48. The van der Waals surface area contributed by atoms with Gasteiger partial charge in [0.05, 0.1) is 35.3 Å². The molecular formula is C21H22F3N5O3. The van der Waals surface area contributed by atoms with Crippen molar-refractivity contribution in [2.24, 2.45) is 7.05 Å². The van der Waals surface area contributed by atoms with Crippen LogP contribution in [-0.4, -0.2) is 42.2 Å². The van der Waals surface area contributed by atoms with Crippen LogP contribution in [-0.2, 0) is 13.2 Å². The van der Waals surface area contributed by atoms with E-state index in [0.29, 0.717) is 0 Å². The first-order valence-electron chi connectivity index (χ1n) is 9.61. The molecule has 0 radical (unpaired) electrons. The Morgan fingerprint density at radius 1 is 1.19 bits per heavy atom. The molecule has 170 valence electrons. The topological polar surface area (TPSA) is 102 Å². The fraction of sp³-hybridized carbons (Fsp3) is 0.333. The fourth-order valence-corrected chi connectivity index (χ4v) is 2.77. The highest BCUT2D eigenvalue weighted by atomic mass is 19.4. The van der Waals surface area contributed by atoms with Gasteiger partial charge in [-0.1, -0.05) is 12.1 Å². The zero-order valence-electron chi connectivity index (χ0n) is 17.8. The number of carbonyl (C=O) groups excluding carboxylic acids is 1. The molecule has 0 bridgehead atoms. The maximum atomic E-state index is 13.0. The maximum absolute atomic E-state index is 13.0. The van der Waals surface area contributed by atoms with E-state index in [9.17, 15) is 27.9 Å². The molecule has 0 unspecified atom stereocenters. The molecule has 3 rings (SSSR count). The minimum atomic E-state index is -4.50. The summed E-state index contributed by atoms with van der Waals surface area (Å²) in [7, 11) is 1.63. The molecule has 1 aromatic carbocycles. The van der Waals surface area contributed by atoms with Crippen molar-refractivity contribution < 1.29 is 23.1 Å². The molecule has 0 saturated heterocycles. The van der Waals surface area contributed by atoms with Gasteiger partial charge in [0, 0.05) is 12.6 Å². The van der Waals surface area contributed by atoms with E-state index in [1.54, 1.807) is 14.0 Å². The van der Waals surface area contributed by atoms with Crippen molar-refractivity contribution in [3.8, 4) is 16.9 Å². The van der Waals surface area contributed by atoms with Crippen molar-refractivity contribution in [2.45, 2.75) is 38.6 Å².